The van der Waals surface area contributed by atoms with Crippen LogP contribution in [0.1, 0.15) is 20.3 Å². The Hall–Kier alpha value is -0.890. The van der Waals surface area contributed by atoms with E-state index in [-0.39, 0.29) is 5.92 Å². The highest BCUT2D eigenvalue weighted by Gasteiger charge is 1.85. The van der Waals surface area contributed by atoms with Gasteiger partial charge in [0.2, 0.25) is 0 Å². The van der Waals surface area contributed by atoms with Crippen molar-refractivity contribution in [3.05, 3.63) is 29.5 Å². The molecule has 1 heteroatoms. The normalized spacial score (nSPS) is 12.4. The van der Waals surface area contributed by atoms with E-state index in [0.29, 0.717) is 0 Å². The average Bonchev–Trinajstić information content (AvgIpc) is 2.04. The van der Waals surface area contributed by atoms with Crippen LogP contribution < -0.4 is 0 Å². The van der Waals surface area contributed by atoms with Crippen LogP contribution in [0, 0.1) is 17.8 Å². The summed E-state index contributed by atoms with van der Waals surface area (Å²) in [5.74, 6) is 6.05. The maximum Gasteiger partial charge on any atom is 0.0431 e. The molecule has 0 spiro atoms. The Kier molecular flexibility index (Phi) is 6.29. The number of hydrogen-bond acceptors (Lipinski definition) is 0. The fourth-order valence-electron chi connectivity index (χ4n) is 0.572. The van der Waals surface area contributed by atoms with E-state index in [9.17, 15) is 0 Å². The summed E-state index contributed by atoms with van der Waals surface area (Å²) in [6.07, 6.45) is 4.39. The number of rotatable bonds is 2. The monoisotopic (exact) mass is 180 g/mol. The lowest BCUT2D eigenvalue weighted by Crippen LogP contribution is -1.79. The molecule has 64 valence electrons. The molecule has 0 rings (SSSR count). The van der Waals surface area contributed by atoms with Gasteiger partial charge in [-0.1, -0.05) is 36.9 Å². The first kappa shape index (κ1) is 11.1. The van der Waals surface area contributed by atoms with E-state index in [1.54, 1.807) is 6.08 Å². The van der Waals surface area contributed by atoms with Crippen LogP contribution in [0.4, 0.5) is 0 Å². The van der Waals surface area contributed by atoms with E-state index >= 15 is 0 Å². The summed E-state index contributed by atoms with van der Waals surface area (Å²) in [6.45, 7) is 7.45. The van der Waals surface area contributed by atoms with Crippen LogP contribution in [0.15, 0.2) is 29.5 Å². The molecule has 0 N–H and O–H groups in total. The molecule has 0 aliphatic heterocycles. The molecule has 1 atom stereocenters. The first-order valence-corrected chi connectivity index (χ1v) is 4.30. The summed E-state index contributed by atoms with van der Waals surface area (Å²) in [6, 6.07) is 0. The molecule has 0 fully saturated rings. The lowest BCUT2D eigenvalue weighted by Gasteiger charge is -1.88. The van der Waals surface area contributed by atoms with E-state index in [1.165, 1.54) is 0 Å². The molecule has 0 aliphatic carbocycles. The third-order valence-corrected chi connectivity index (χ3v) is 1.62. The molecule has 0 aromatic rings. The van der Waals surface area contributed by atoms with Gasteiger partial charge in [-0.15, -0.1) is 5.73 Å². The highest BCUT2D eigenvalue weighted by molar-refractivity contribution is 6.29. The summed E-state index contributed by atoms with van der Waals surface area (Å²) in [4.78, 5) is 0. The van der Waals surface area contributed by atoms with Gasteiger partial charge < -0.3 is 0 Å². The summed E-state index contributed by atoms with van der Waals surface area (Å²) in [7, 11) is 0. The predicted octanol–water partition coefficient (Wildman–Crippen LogP) is 3.50. The Morgan fingerprint density at radius 3 is 2.83 bits per heavy atom. The number of halogens is 1. The van der Waals surface area contributed by atoms with Gasteiger partial charge in [-0.2, -0.15) is 0 Å². The zero-order valence-corrected chi connectivity index (χ0v) is 8.28. The van der Waals surface area contributed by atoms with E-state index in [1.807, 2.05) is 19.9 Å². The topological polar surface area (TPSA) is 0 Å². The maximum atomic E-state index is 5.75. The van der Waals surface area contributed by atoms with Crippen molar-refractivity contribution in [1.82, 2.24) is 0 Å². The van der Waals surface area contributed by atoms with Crippen molar-refractivity contribution >= 4 is 11.6 Å². The quantitative estimate of drug-likeness (QED) is 0.451. The molecule has 12 heavy (non-hydrogen) atoms. The summed E-state index contributed by atoms with van der Waals surface area (Å²) in [5.41, 5.74) is 2.69. The summed E-state index contributed by atoms with van der Waals surface area (Å²) >= 11 is 5.75. The van der Waals surface area contributed by atoms with Crippen LogP contribution in [0.3, 0.4) is 0 Å². The van der Waals surface area contributed by atoms with Gasteiger partial charge >= 0.3 is 0 Å². The molecule has 0 saturated heterocycles. The molecule has 0 bridgehead atoms. The lowest BCUT2D eigenvalue weighted by molar-refractivity contribution is 0.983. The van der Waals surface area contributed by atoms with Gasteiger partial charge in [-0.05, 0) is 19.4 Å². The van der Waals surface area contributed by atoms with Crippen molar-refractivity contribution in [2.75, 3.05) is 0 Å². The van der Waals surface area contributed by atoms with Crippen LogP contribution in [0.25, 0.3) is 0 Å². The molecule has 0 radical (unpaired) electrons. The summed E-state index contributed by atoms with van der Waals surface area (Å²) < 4.78 is 0. The van der Waals surface area contributed by atoms with Crippen molar-refractivity contribution in [3.8, 4) is 11.8 Å². The Labute approximate surface area is 79.6 Å². The van der Waals surface area contributed by atoms with Crippen molar-refractivity contribution in [3.63, 3.8) is 0 Å². The number of allylic oxidation sites excluding steroid dienone is 3. The minimum Gasteiger partial charge on any atom is -0.132 e. The second-order valence-corrected chi connectivity index (χ2v) is 2.88. The van der Waals surface area contributed by atoms with Crippen molar-refractivity contribution in [1.29, 1.82) is 0 Å². The molecular weight excluding hydrogens is 168 g/mol. The molecule has 0 nitrogen and oxygen atoms in total. The molecule has 0 aromatic carbocycles. The van der Waals surface area contributed by atoms with Gasteiger partial charge in [0.25, 0.3) is 0 Å². The second-order valence-electron chi connectivity index (χ2n) is 2.39. The minimum absolute atomic E-state index is 0.195. The van der Waals surface area contributed by atoms with Gasteiger partial charge in [0.15, 0.2) is 0 Å². The first-order chi connectivity index (χ1) is 5.70. The molecule has 0 aliphatic rings. The first-order valence-electron chi connectivity index (χ1n) is 3.92. The van der Waals surface area contributed by atoms with Gasteiger partial charge in [-0.3, -0.25) is 0 Å². The zero-order valence-electron chi connectivity index (χ0n) is 7.52. The highest BCUT2D eigenvalue weighted by Crippen LogP contribution is 2.04. The van der Waals surface area contributed by atoms with E-state index < -0.39 is 0 Å². The van der Waals surface area contributed by atoms with E-state index in [4.69, 9.17) is 11.6 Å². The Bertz CT molecular complexity index is 256. The van der Waals surface area contributed by atoms with Crippen molar-refractivity contribution in [2.45, 2.75) is 20.3 Å². The smallest absolute Gasteiger partial charge is 0.0431 e. The van der Waals surface area contributed by atoms with Crippen molar-refractivity contribution in [2.24, 2.45) is 5.92 Å². The lowest BCUT2D eigenvalue weighted by atomic mass is 10.2. The zero-order chi connectivity index (χ0) is 9.40. The van der Waals surface area contributed by atoms with Crippen LogP contribution >= 0.6 is 11.6 Å². The number of hydrogen-bond donors (Lipinski definition) is 0. The predicted molar refractivity (Wildman–Crippen MR) is 54.9 cm³/mol. The Morgan fingerprint density at radius 2 is 2.33 bits per heavy atom. The van der Waals surface area contributed by atoms with E-state index in [2.05, 4.69) is 24.2 Å². The standard InChI is InChI=1S/C11H13Cl/c1-4-7-10(3)8-6-9-11(12)5-2/h7,9-10H,1,5H2,2-3H3/b11-9+. The molecule has 1 unspecified atom stereocenters. The highest BCUT2D eigenvalue weighted by atomic mass is 35.5. The third kappa shape index (κ3) is 5.86. The van der Waals surface area contributed by atoms with Crippen LogP contribution in [0.5, 0.6) is 0 Å². The third-order valence-electron chi connectivity index (χ3n) is 1.25. The van der Waals surface area contributed by atoms with Crippen LogP contribution in [-0.4, -0.2) is 0 Å². The molecule has 0 heterocycles. The van der Waals surface area contributed by atoms with Gasteiger partial charge in [0.1, 0.15) is 0 Å². The Morgan fingerprint density at radius 1 is 1.67 bits per heavy atom. The molecule has 0 saturated carbocycles. The largest absolute Gasteiger partial charge is 0.132 e. The van der Waals surface area contributed by atoms with Crippen molar-refractivity contribution < 1.29 is 0 Å². The fourth-order valence-corrected chi connectivity index (χ4v) is 0.626. The summed E-state index contributed by atoms with van der Waals surface area (Å²) in [5, 5.41) is 0.789. The van der Waals surface area contributed by atoms with Gasteiger partial charge in [-0.25, -0.2) is 0 Å². The SMILES string of the molecule is C=C=CC(C)C#C/C=C(/Cl)CC. The molecule has 0 aromatic heterocycles. The van der Waals surface area contributed by atoms with Gasteiger partial charge in [0.05, 0.1) is 0 Å². The fraction of sp³-hybridized carbons (Fsp3) is 0.364. The molecule has 0 amide bonds. The molecular formula is C11H13Cl. The van der Waals surface area contributed by atoms with Gasteiger partial charge in [0, 0.05) is 17.0 Å². The maximum absolute atomic E-state index is 5.75. The van der Waals surface area contributed by atoms with Crippen LogP contribution in [-0.2, 0) is 0 Å². The average molecular weight is 181 g/mol. The minimum atomic E-state index is 0.195. The van der Waals surface area contributed by atoms with E-state index in [0.717, 1.165) is 11.5 Å². The second kappa shape index (κ2) is 6.80. The van der Waals surface area contributed by atoms with Crippen LogP contribution in [0.2, 0.25) is 0 Å². The Balaban J connectivity index is 4.12.